The average Bonchev–Trinajstić information content (AvgIpc) is 3.09. The molecule has 1 atom stereocenters. The topological polar surface area (TPSA) is 95.3 Å². The maximum atomic E-state index is 12.8. The molecule has 0 fully saturated rings. The van der Waals surface area contributed by atoms with Crippen molar-refractivity contribution in [3.05, 3.63) is 59.6 Å². The van der Waals surface area contributed by atoms with Crippen molar-refractivity contribution in [2.75, 3.05) is 0 Å². The number of alkyl carbamates (subject to hydrolysis) is 1. The van der Waals surface area contributed by atoms with E-state index in [0.29, 0.717) is 16.2 Å². The van der Waals surface area contributed by atoms with Crippen LogP contribution in [0.5, 0.6) is 0 Å². The zero-order valence-corrected chi connectivity index (χ0v) is 17.7. The number of hydrogen-bond acceptors (Lipinski definition) is 6. The van der Waals surface area contributed by atoms with E-state index in [-0.39, 0.29) is 13.2 Å². The summed E-state index contributed by atoms with van der Waals surface area (Å²) in [6.07, 6.45) is 2.35. The van der Waals surface area contributed by atoms with E-state index in [1.54, 1.807) is 37.6 Å². The van der Waals surface area contributed by atoms with Crippen LogP contribution >= 0.6 is 11.6 Å². The number of halogens is 1. The number of carbonyl (C=O) groups is 2. The summed E-state index contributed by atoms with van der Waals surface area (Å²) in [5.74, 6) is -0.591. The van der Waals surface area contributed by atoms with Gasteiger partial charge >= 0.3 is 12.1 Å². The number of amides is 1. The molecule has 3 aromatic rings. The van der Waals surface area contributed by atoms with Crippen molar-refractivity contribution in [1.82, 2.24) is 19.9 Å². The van der Waals surface area contributed by atoms with Gasteiger partial charge in [0.25, 0.3) is 0 Å². The Kier molecular flexibility index (Phi) is 6.56. The first kappa shape index (κ1) is 21.6. The number of nitrogens with one attached hydrogen (secondary N) is 1. The SMILES string of the molecule is CC(C)(C)OC(=O)NC(Cn1ccc2c(Cl)ncnc21)C(=O)OCc1ccccc1. The average molecular weight is 431 g/mol. The number of benzene rings is 1. The van der Waals surface area contributed by atoms with Crippen LogP contribution in [0.2, 0.25) is 5.15 Å². The van der Waals surface area contributed by atoms with Gasteiger partial charge in [0.1, 0.15) is 35.4 Å². The summed E-state index contributed by atoms with van der Waals surface area (Å²) in [6, 6.07) is 10.0. The van der Waals surface area contributed by atoms with Crippen LogP contribution in [0.3, 0.4) is 0 Å². The highest BCUT2D eigenvalue weighted by atomic mass is 35.5. The molecule has 0 aliphatic heterocycles. The van der Waals surface area contributed by atoms with Crippen LogP contribution < -0.4 is 5.32 Å². The third-order valence-electron chi connectivity index (χ3n) is 4.09. The molecule has 1 amide bonds. The van der Waals surface area contributed by atoms with Crippen LogP contribution in [0.1, 0.15) is 26.3 Å². The first-order valence-corrected chi connectivity index (χ1v) is 9.76. The summed E-state index contributed by atoms with van der Waals surface area (Å²) in [6.45, 7) is 5.41. The van der Waals surface area contributed by atoms with Crippen molar-refractivity contribution in [3.8, 4) is 0 Å². The standard InChI is InChI=1S/C21H23ClN4O4/c1-21(2,3)30-20(28)25-16(19(27)29-12-14-7-5-4-6-8-14)11-26-10-9-15-17(22)23-13-24-18(15)26/h4-10,13,16H,11-12H2,1-3H3,(H,25,28). The lowest BCUT2D eigenvalue weighted by molar-refractivity contribution is -0.147. The zero-order valence-electron chi connectivity index (χ0n) is 17.0. The van der Waals surface area contributed by atoms with Crippen LogP contribution in [-0.2, 0) is 27.4 Å². The molecular formula is C21H23ClN4O4. The molecule has 158 valence electrons. The second-order valence-corrected chi connectivity index (χ2v) is 8.02. The van der Waals surface area contributed by atoms with Gasteiger partial charge in [-0.25, -0.2) is 19.6 Å². The fourth-order valence-electron chi connectivity index (χ4n) is 2.78. The molecule has 0 aliphatic rings. The van der Waals surface area contributed by atoms with Gasteiger partial charge in [0.2, 0.25) is 0 Å². The smallest absolute Gasteiger partial charge is 0.408 e. The highest BCUT2D eigenvalue weighted by Gasteiger charge is 2.27. The molecule has 0 spiro atoms. The number of esters is 1. The van der Waals surface area contributed by atoms with Crippen molar-refractivity contribution in [3.63, 3.8) is 0 Å². The number of rotatable bonds is 6. The maximum Gasteiger partial charge on any atom is 0.408 e. The molecule has 1 unspecified atom stereocenters. The van der Waals surface area contributed by atoms with Crippen LogP contribution in [0.25, 0.3) is 11.0 Å². The zero-order chi connectivity index (χ0) is 21.7. The normalized spacial score (nSPS) is 12.4. The van der Waals surface area contributed by atoms with Gasteiger partial charge in [-0.15, -0.1) is 0 Å². The minimum atomic E-state index is -0.993. The minimum Gasteiger partial charge on any atom is -0.459 e. The van der Waals surface area contributed by atoms with Crippen LogP contribution in [0.15, 0.2) is 48.9 Å². The second kappa shape index (κ2) is 9.13. The Balaban J connectivity index is 1.78. The van der Waals surface area contributed by atoms with Gasteiger partial charge in [0.15, 0.2) is 0 Å². The van der Waals surface area contributed by atoms with Crippen LogP contribution in [-0.4, -0.2) is 38.2 Å². The van der Waals surface area contributed by atoms with Crippen molar-refractivity contribution in [2.45, 2.75) is 45.6 Å². The Labute approximate surface area is 179 Å². The molecule has 1 aromatic carbocycles. The van der Waals surface area contributed by atoms with E-state index < -0.39 is 23.7 Å². The van der Waals surface area contributed by atoms with E-state index >= 15 is 0 Å². The van der Waals surface area contributed by atoms with E-state index in [1.165, 1.54) is 6.33 Å². The third kappa shape index (κ3) is 5.70. The van der Waals surface area contributed by atoms with Crippen LogP contribution in [0, 0.1) is 0 Å². The fraction of sp³-hybridized carbons (Fsp3) is 0.333. The monoisotopic (exact) mass is 430 g/mol. The van der Waals surface area contributed by atoms with Crippen molar-refractivity contribution in [2.24, 2.45) is 0 Å². The molecule has 0 saturated heterocycles. The molecule has 8 nitrogen and oxygen atoms in total. The quantitative estimate of drug-likeness (QED) is 0.473. The molecule has 0 aliphatic carbocycles. The lowest BCUT2D eigenvalue weighted by Crippen LogP contribution is -2.46. The summed E-state index contributed by atoms with van der Waals surface area (Å²) < 4.78 is 12.4. The number of fused-ring (bicyclic) bond motifs is 1. The largest absolute Gasteiger partial charge is 0.459 e. The summed E-state index contributed by atoms with van der Waals surface area (Å²) in [5, 5.41) is 3.55. The summed E-state index contributed by atoms with van der Waals surface area (Å²) in [5.41, 5.74) is 0.679. The van der Waals surface area contributed by atoms with Gasteiger partial charge in [0.05, 0.1) is 11.9 Å². The van der Waals surface area contributed by atoms with E-state index in [9.17, 15) is 9.59 Å². The molecular weight excluding hydrogens is 408 g/mol. The molecule has 2 heterocycles. The predicted octanol–water partition coefficient (Wildman–Crippen LogP) is 3.72. The molecule has 3 rings (SSSR count). The van der Waals surface area contributed by atoms with E-state index in [1.807, 2.05) is 30.3 Å². The maximum absolute atomic E-state index is 12.8. The Morgan fingerprint density at radius 1 is 1.17 bits per heavy atom. The van der Waals surface area contributed by atoms with Gasteiger partial charge in [-0.3, -0.25) is 0 Å². The summed E-state index contributed by atoms with van der Waals surface area (Å²) in [7, 11) is 0. The molecule has 2 aromatic heterocycles. The van der Waals surface area contributed by atoms with Crippen molar-refractivity contribution >= 4 is 34.7 Å². The molecule has 1 N–H and O–H groups in total. The van der Waals surface area contributed by atoms with E-state index in [2.05, 4.69) is 15.3 Å². The number of nitrogens with zero attached hydrogens (tertiary/aromatic N) is 3. The lowest BCUT2D eigenvalue weighted by atomic mass is 10.2. The van der Waals surface area contributed by atoms with Gasteiger partial charge in [-0.2, -0.15) is 0 Å². The summed E-state index contributed by atoms with van der Waals surface area (Å²) >= 11 is 6.10. The number of ether oxygens (including phenoxy) is 2. The fourth-order valence-corrected chi connectivity index (χ4v) is 2.97. The molecule has 0 bridgehead atoms. The van der Waals surface area contributed by atoms with Gasteiger partial charge in [-0.05, 0) is 32.4 Å². The Morgan fingerprint density at radius 2 is 1.90 bits per heavy atom. The van der Waals surface area contributed by atoms with Gasteiger partial charge in [0, 0.05) is 6.20 Å². The Hall–Kier alpha value is -3.13. The third-order valence-corrected chi connectivity index (χ3v) is 4.39. The van der Waals surface area contributed by atoms with Crippen molar-refractivity contribution < 1.29 is 19.1 Å². The minimum absolute atomic E-state index is 0.0870. The van der Waals surface area contributed by atoms with Gasteiger partial charge < -0.3 is 19.4 Å². The lowest BCUT2D eigenvalue weighted by Gasteiger charge is -2.23. The Morgan fingerprint density at radius 3 is 2.60 bits per heavy atom. The van der Waals surface area contributed by atoms with E-state index in [4.69, 9.17) is 21.1 Å². The van der Waals surface area contributed by atoms with Gasteiger partial charge in [-0.1, -0.05) is 41.9 Å². The Bertz CT molecular complexity index is 1030. The predicted molar refractivity (Wildman–Crippen MR) is 112 cm³/mol. The highest BCUT2D eigenvalue weighted by molar-refractivity contribution is 6.33. The van der Waals surface area contributed by atoms with Crippen LogP contribution in [0.4, 0.5) is 4.79 Å². The first-order chi connectivity index (χ1) is 14.2. The van der Waals surface area contributed by atoms with Crippen molar-refractivity contribution in [1.29, 1.82) is 0 Å². The number of aromatic nitrogens is 3. The number of hydrogen-bond donors (Lipinski definition) is 1. The van der Waals surface area contributed by atoms with E-state index in [0.717, 1.165) is 5.56 Å². The molecule has 0 saturated carbocycles. The first-order valence-electron chi connectivity index (χ1n) is 9.38. The summed E-state index contributed by atoms with van der Waals surface area (Å²) in [4.78, 5) is 33.2. The number of carbonyl (C=O) groups excluding carboxylic acids is 2. The molecule has 0 radical (unpaired) electrons. The molecule has 9 heteroatoms. The second-order valence-electron chi connectivity index (χ2n) is 7.66. The molecule has 30 heavy (non-hydrogen) atoms. The highest BCUT2D eigenvalue weighted by Crippen LogP contribution is 2.20.